The number of hydrogen-bond acceptors (Lipinski definition) is 0. The molecular formula is C12H21Br. The van der Waals surface area contributed by atoms with Gasteiger partial charge < -0.3 is 0 Å². The zero-order chi connectivity index (χ0) is 9.68. The zero-order valence-electron chi connectivity index (χ0n) is 8.85. The minimum Gasteiger partial charge on any atom is -0.0880 e. The summed E-state index contributed by atoms with van der Waals surface area (Å²) in [5.74, 6) is 1.85. The van der Waals surface area contributed by atoms with Crippen molar-refractivity contribution in [3.8, 4) is 0 Å². The van der Waals surface area contributed by atoms with Crippen LogP contribution >= 0.6 is 15.9 Å². The van der Waals surface area contributed by atoms with Crippen molar-refractivity contribution in [3.63, 3.8) is 0 Å². The van der Waals surface area contributed by atoms with Gasteiger partial charge in [0.15, 0.2) is 0 Å². The van der Waals surface area contributed by atoms with Crippen LogP contribution in [-0.4, -0.2) is 5.33 Å². The van der Waals surface area contributed by atoms with Crippen molar-refractivity contribution in [3.05, 3.63) is 11.6 Å². The number of alkyl halides is 1. The van der Waals surface area contributed by atoms with Gasteiger partial charge in [-0.3, -0.25) is 0 Å². The maximum Gasteiger partial charge on any atom is 0.0241 e. The third-order valence-electron chi connectivity index (χ3n) is 3.16. The Morgan fingerprint density at radius 1 is 1.31 bits per heavy atom. The maximum atomic E-state index is 3.55. The van der Waals surface area contributed by atoms with Gasteiger partial charge in [0.25, 0.3) is 0 Å². The standard InChI is InChI=1S/C12H21Br/c1-3-11(9-13)8-12-6-4-10(2)5-7-12/h8,10,12H,3-7,9H2,1-2H3. The number of hydrogen-bond donors (Lipinski definition) is 0. The molecule has 1 fully saturated rings. The van der Waals surface area contributed by atoms with E-state index >= 15 is 0 Å². The van der Waals surface area contributed by atoms with E-state index in [4.69, 9.17) is 0 Å². The smallest absolute Gasteiger partial charge is 0.0241 e. The molecule has 0 bridgehead atoms. The number of allylic oxidation sites excluding steroid dienone is 2. The Hall–Kier alpha value is 0.220. The van der Waals surface area contributed by atoms with E-state index in [0.717, 1.165) is 17.2 Å². The summed E-state index contributed by atoms with van der Waals surface area (Å²) in [5.41, 5.74) is 1.58. The van der Waals surface area contributed by atoms with Gasteiger partial charge in [0.05, 0.1) is 0 Å². The average Bonchev–Trinajstić information content (AvgIpc) is 2.17. The van der Waals surface area contributed by atoms with Crippen LogP contribution in [-0.2, 0) is 0 Å². The molecule has 0 heterocycles. The van der Waals surface area contributed by atoms with Gasteiger partial charge in [-0.25, -0.2) is 0 Å². The third-order valence-corrected chi connectivity index (χ3v) is 3.88. The van der Waals surface area contributed by atoms with Crippen LogP contribution in [0.15, 0.2) is 11.6 Å². The molecule has 0 aromatic heterocycles. The molecule has 0 saturated heterocycles. The second-order valence-electron chi connectivity index (χ2n) is 4.33. The predicted molar refractivity (Wildman–Crippen MR) is 63.3 cm³/mol. The average molecular weight is 245 g/mol. The zero-order valence-corrected chi connectivity index (χ0v) is 10.4. The first-order chi connectivity index (χ1) is 6.26. The highest BCUT2D eigenvalue weighted by atomic mass is 79.9. The van der Waals surface area contributed by atoms with Crippen LogP contribution in [0.2, 0.25) is 0 Å². The molecule has 0 aromatic rings. The topological polar surface area (TPSA) is 0 Å². The second kappa shape index (κ2) is 5.85. The van der Waals surface area contributed by atoms with Gasteiger partial charge in [-0.1, -0.05) is 54.3 Å². The molecule has 76 valence electrons. The van der Waals surface area contributed by atoms with Crippen molar-refractivity contribution >= 4 is 15.9 Å². The monoisotopic (exact) mass is 244 g/mol. The molecule has 0 radical (unpaired) electrons. The second-order valence-corrected chi connectivity index (χ2v) is 4.89. The van der Waals surface area contributed by atoms with Crippen LogP contribution in [0.5, 0.6) is 0 Å². The van der Waals surface area contributed by atoms with Gasteiger partial charge >= 0.3 is 0 Å². The molecule has 1 saturated carbocycles. The Bertz CT molecular complexity index is 158. The molecule has 1 heteroatoms. The SMILES string of the molecule is CCC(=CC1CCC(C)CC1)CBr. The van der Waals surface area contributed by atoms with Crippen LogP contribution in [0.25, 0.3) is 0 Å². The summed E-state index contributed by atoms with van der Waals surface area (Å²) in [5, 5.41) is 1.07. The first-order valence-electron chi connectivity index (χ1n) is 5.51. The summed E-state index contributed by atoms with van der Waals surface area (Å²) in [6.45, 7) is 4.63. The summed E-state index contributed by atoms with van der Waals surface area (Å²) >= 11 is 3.55. The Morgan fingerprint density at radius 3 is 2.38 bits per heavy atom. The molecule has 1 aliphatic carbocycles. The van der Waals surface area contributed by atoms with E-state index in [1.54, 1.807) is 5.57 Å². The highest BCUT2D eigenvalue weighted by molar-refractivity contribution is 9.09. The van der Waals surface area contributed by atoms with E-state index < -0.39 is 0 Å². The lowest BCUT2D eigenvalue weighted by molar-refractivity contribution is 0.329. The van der Waals surface area contributed by atoms with Crippen LogP contribution in [0.1, 0.15) is 46.0 Å². The summed E-state index contributed by atoms with van der Waals surface area (Å²) in [6.07, 6.45) is 9.41. The highest BCUT2D eigenvalue weighted by Crippen LogP contribution is 2.30. The molecule has 0 amide bonds. The van der Waals surface area contributed by atoms with Gasteiger partial charge in [-0.15, -0.1) is 0 Å². The fourth-order valence-corrected chi connectivity index (χ4v) is 2.63. The van der Waals surface area contributed by atoms with Crippen LogP contribution in [0.4, 0.5) is 0 Å². The Labute approximate surface area is 90.9 Å². The first-order valence-corrected chi connectivity index (χ1v) is 6.64. The highest BCUT2D eigenvalue weighted by Gasteiger charge is 2.16. The fraction of sp³-hybridized carbons (Fsp3) is 0.833. The molecule has 0 atom stereocenters. The molecule has 0 nitrogen and oxygen atoms in total. The minimum absolute atomic E-state index is 0.878. The normalized spacial score (nSPS) is 30.5. The summed E-state index contributed by atoms with van der Waals surface area (Å²) in [7, 11) is 0. The lowest BCUT2D eigenvalue weighted by Crippen LogP contribution is -2.10. The lowest BCUT2D eigenvalue weighted by atomic mass is 9.82. The van der Waals surface area contributed by atoms with Crippen LogP contribution < -0.4 is 0 Å². The Morgan fingerprint density at radius 2 is 1.92 bits per heavy atom. The quantitative estimate of drug-likeness (QED) is 0.505. The molecule has 0 aliphatic heterocycles. The van der Waals surface area contributed by atoms with Crippen LogP contribution in [0, 0.1) is 11.8 Å². The van der Waals surface area contributed by atoms with Crippen molar-refractivity contribution in [2.45, 2.75) is 46.0 Å². The molecular weight excluding hydrogens is 224 g/mol. The molecule has 0 spiro atoms. The summed E-state index contributed by atoms with van der Waals surface area (Å²) in [6, 6.07) is 0. The first kappa shape index (κ1) is 11.3. The van der Waals surface area contributed by atoms with Gasteiger partial charge in [0, 0.05) is 5.33 Å². The van der Waals surface area contributed by atoms with Crippen molar-refractivity contribution < 1.29 is 0 Å². The Balaban J connectivity index is 2.40. The molecule has 1 aliphatic rings. The number of halogens is 1. The summed E-state index contributed by atoms with van der Waals surface area (Å²) in [4.78, 5) is 0. The summed E-state index contributed by atoms with van der Waals surface area (Å²) < 4.78 is 0. The van der Waals surface area contributed by atoms with E-state index in [9.17, 15) is 0 Å². The predicted octanol–water partition coefficient (Wildman–Crippen LogP) is 4.54. The van der Waals surface area contributed by atoms with E-state index in [1.165, 1.54) is 32.1 Å². The van der Waals surface area contributed by atoms with Crippen molar-refractivity contribution in [2.75, 3.05) is 5.33 Å². The van der Waals surface area contributed by atoms with E-state index in [2.05, 4.69) is 35.9 Å². The van der Waals surface area contributed by atoms with E-state index in [-0.39, 0.29) is 0 Å². The maximum absolute atomic E-state index is 3.55. The minimum atomic E-state index is 0.878. The van der Waals surface area contributed by atoms with Crippen LogP contribution in [0.3, 0.4) is 0 Å². The lowest BCUT2D eigenvalue weighted by Gasteiger charge is -2.24. The van der Waals surface area contributed by atoms with Crippen molar-refractivity contribution in [1.29, 1.82) is 0 Å². The van der Waals surface area contributed by atoms with Crippen molar-refractivity contribution in [2.24, 2.45) is 11.8 Å². The third kappa shape index (κ3) is 3.84. The van der Waals surface area contributed by atoms with Crippen molar-refractivity contribution in [1.82, 2.24) is 0 Å². The molecule has 0 aromatic carbocycles. The van der Waals surface area contributed by atoms with Gasteiger partial charge in [-0.05, 0) is 31.1 Å². The Kier molecular flexibility index (Phi) is 5.08. The van der Waals surface area contributed by atoms with E-state index in [0.29, 0.717) is 0 Å². The van der Waals surface area contributed by atoms with E-state index in [1.807, 2.05) is 0 Å². The van der Waals surface area contributed by atoms with Gasteiger partial charge in [-0.2, -0.15) is 0 Å². The molecule has 13 heavy (non-hydrogen) atoms. The largest absolute Gasteiger partial charge is 0.0880 e. The van der Waals surface area contributed by atoms with Gasteiger partial charge in [0.1, 0.15) is 0 Å². The fourth-order valence-electron chi connectivity index (χ4n) is 2.04. The molecule has 1 rings (SSSR count). The number of rotatable bonds is 3. The van der Waals surface area contributed by atoms with Gasteiger partial charge in [0.2, 0.25) is 0 Å². The molecule has 0 N–H and O–H groups in total. The molecule has 0 unspecified atom stereocenters.